The summed E-state index contributed by atoms with van der Waals surface area (Å²) in [6, 6.07) is 2.18. The van der Waals surface area contributed by atoms with Gasteiger partial charge in [-0.1, -0.05) is 6.92 Å². The van der Waals surface area contributed by atoms with E-state index in [0.717, 1.165) is 12.8 Å². The zero-order valence-corrected chi connectivity index (χ0v) is 12.2. The molecule has 0 bridgehead atoms. The summed E-state index contributed by atoms with van der Waals surface area (Å²) >= 11 is 0. The van der Waals surface area contributed by atoms with E-state index in [0.29, 0.717) is 19.5 Å². The first-order valence-electron chi connectivity index (χ1n) is 7.05. The van der Waals surface area contributed by atoms with Gasteiger partial charge in [-0.2, -0.15) is 5.10 Å². The highest BCUT2D eigenvalue weighted by Gasteiger charge is 2.35. The molecule has 1 saturated heterocycles. The molecule has 114 valence electrons. The van der Waals surface area contributed by atoms with Crippen molar-refractivity contribution in [3.8, 4) is 0 Å². The minimum atomic E-state index is -0.559. The van der Waals surface area contributed by atoms with E-state index in [9.17, 15) is 14.4 Å². The first-order valence-corrected chi connectivity index (χ1v) is 7.05. The molecular weight excluding hydrogens is 274 g/mol. The van der Waals surface area contributed by atoms with Crippen molar-refractivity contribution in [2.75, 3.05) is 13.7 Å². The van der Waals surface area contributed by atoms with Gasteiger partial charge >= 0.3 is 5.97 Å². The second-order valence-corrected chi connectivity index (χ2v) is 4.96. The van der Waals surface area contributed by atoms with Crippen molar-refractivity contribution >= 4 is 11.9 Å². The van der Waals surface area contributed by atoms with E-state index in [1.807, 2.05) is 6.92 Å². The molecule has 1 aromatic heterocycles. The van der Waals surface area contributed by atoms with Gasteiger partial charge in [-0.15, -0.1) is 0 Å². The Morgan fingerprint density at radius 3 is 2.86 bits per heavy atom. The maximum absolute atomic E-state index is 12.5. The fraction of sp³-hybridized carbons (Fsp3) is 0.571. The predicted octanol–water partition coefficient (Wildman–Crippen LogP) is 0.431. The monoisotopic (exact) mass is 293 g/mol. The number of amides is 1. The summed E-state index contributed by atoms with van der Waals surface area (Å²) in [6.07, 6.45) is 2.09. The Kier molecular flexibility index (Phi) is 4.72. The van der Waals surface area contributed by atoms with Gasteiger partial charge in [0.1, 0.15) is 11.7 Å². The summed E-state index contributed by atoms with van der Waals surface area (Å²) in [5, 5.41) is 4.09. The van der Waals surface area contributed by atoms with Crippen LogP contribution in [0, 0.1) is 0 Å². The fourth-order valence-corrected chi connectivity index (χ4v) is 2.47. The largest absolute Gasteiger partial charge is 0.467 e. The Labute approximate surface area is 122 Å². The van der Waals surface area contributed by atoms with Crippen LogP contribution in [0.1, 0.15) is 36.7 Å². The van der Waals surface area contributed by atoms with Crippen molar-refractivity contribution in [1.82, 2.24) is 14.7 Å². The van der Waals surface area contributed by atoms with Crippen molar-refractivity contribution in [3.63, 3.8) is 0 Å². The summed E-state index contributed by atoms with van der Waals surface area (Å²) < 4.78 is 6.00. The van der Waals surface area contributed by atoms with Crippen molar-refractivity contribution in [1.29, 1.82) is 0 Å². The normalized spacial score (nSPS) is 17.8. The molecule has 1 aromatic rings. The highest BCUT2D eigenvalue weighted by atomic mass is 16.5. The smallest absolute Gasteiger partial charge is 0.328 e. The molecule has 2 rings (SSSR count). The molecular formula is C14H19N3O4. The second kappa shape index (κ2) is 6.51. The van der Waals surface area contributed by atoms with Crippen LogP contribution < -0.4 is 5.56 Å². The molecule has 7 nitrogen and oxygen atoms in total. The number of likely N-dealkylation sites (tertiary alicyclic amines) is 1. The summed E-state index contributed by atoms with van der Waals surface area (Å²) in [5.74, 6) is -0.754. The highest BCUT2D eigenvalue weighted by Crippen LogP contribution is 2.20. The van der Waals surface area contributed by atoms with Crippen LogP contribution in [0.15, 0.2) is 16.9 Å². The van der Waals surface area contributed by atoms with Crippen molar-refractivity contribution in [2.45, 2.75) is 38.8 Å². The van der Waals surface area contributed by atoms with Crippen LogP contribution >= 0.6 is 0 Å². The molecule has 1 aliphatic rings. The third kappa shape index (κ3) is 3.12. The molecule has 0 aliphatic carbocycles. The lowest BCUT2D eigenvalue weighted by molar-refractivity contribution is -0.145. The number of methoxy groups -OCH3 is 1. The van der Waals surface area contributed by atoms with Crippen molar-refractivity contribution in [2.24, 2.45) is 0 Å². The minimum absolute atomic E-state index is 0.179. The summed E-state index contributed by atoms with van der Waals surface area (Å²) in [5.41, 5.74) is -0.0572. The van der Waals surface area contributed by atoms with Crippen molar-refractivity contribution in [3.05, 3.63) is 28.2 Å². The Bertz CT molecular complexity index is 596. The van der Waals surface area contributed by atoms with Crippen LogP contribution in [-0.4, -0.2) is 46.3 Å². The molecule has 1 atom stereocenters. The van der Waals surface area contributed by atoms with E-state index in [1.54, 1.807) is 0 Å². The van der Waals surface area contributed by atoms with Gasteiger partial charge in [0.15, 0.2) is 0 Å². The van der Waals surface area contributed by atoms with Gasteiger partial charge in [0.25, 0.3) is 11.5 Å². The quantitative estimate of drug-likeness (QED) is 0.752. The van der Waals surface area contributed by atoms with E-state index in [1.165, 1.54) is 28.8 Å². The summed E-state index contributed by atoms with van der Waals surface area (Å²) in [4.78, 5) is 37.3. The molecule has 7 heteroatoms. The number of carbonyl (C=O) groups is 2. The number of rotatable bonds is 4. The van der Waals surface area contributed by atoms with Crippen LogP contribution in [-0.2, 0) is 16.1 Å². The van der Waals surface area contributed by atoms with Gasteiger partial charge in [0, 0.05) is 19.2 Å². The standard InChI is InChI=1S/C14H19N3O4/c1-3-8-17-12(18)7-6-10(15-17)13(19)16-9-4-5-11(16)14(20)21-2/h6-7,11H,3-5,8-9H2,1-2H3. The molecule has 1 unspecified atom stereocenters. The SMILES string of the molecule is CCCn1nc(C(=O)N2CCCC2C(=O)OC)ccc1=O. The van der Waals surface area contributed by atoms with Gasteiger partial charge in [-0.25, -0.2) is 9.48 Å². The van der Waals surface area contributed by atoms with Gasteiger partial charge in [-0.05, 0) is 25.3 Å². The number of aryl methyl sites for hydroxylation is 1. The first-order chi connectivity index (χ1) is 10.1. The average molecular weight is 293 g/mol. The molecule has 1 amide bonds. The van der Waals surface area contributed by atoms with E-state index >= 15 is 0 Å². The van der Waals surface area contributed by atoms with Gasteiger partial charge in [0.2, 0.25) is 0 Å². The van der Waals surface area contributed by atoms with Crippen LogP contribution in [0.3, 0.4) is 0 Å². The average Bonchev–Trinajstić information content (AvgIpc) is 2.97. The Hall–Kier alpha value is -2.18. The van der Waals surface area contributed by atoms with Gasteiger partial charge in [-0.3, -0.25) is 9.59 Å². The Morgan fingerprint density at radius 1 is 1.43 bits per heavy atom. The summed E-state index contributed by atoms with van der Waals surface area (Å²) in [7, 11) is 1.31. The first kappa shape index (κ1) is 15.2. The topological polar surface area (TPSA) is 81.5 Å². The van der Waals surface area contributed by atoms with Gasteiger partial charge in [0.05, 0.1) is 7.11 Å². The second-order valence-electron chi connectivity index (χ2n) is 4.96. The lowest BCUT2D eigenvalue weighted by Gasteiger charge is -2.22. The molecule has 0 aromatic carbocycles. The van der Waals surface area contributed by atoms with Crippen LogP contribution in [0.25, 0.3) is 0 Å². The van der Waals surface area contributed by atoms with Crippen LogP contribution in [0.4, 0.5) is 0 Å². The molecule has 2 heterocycles. The minimum Gasteiger partial charge on any atom is -0.467 e. The predicted molar refractivity (Wildman–Crippen MR) is 74.9 cm³/mol. The zero-order chi connectivity index (χ0) is 15.4. The molecule has 21 heavy (non-hydrogen) atoms. The van der Waals surface area contributed by atoms with Crippen LogP contribution in [0.5, 0.6) is 0 Å². The lowest BCUT2D eigenvalue weighted by atomic mass is 10.2. The van der Waals surface area contributed by atoms with Gasteiger partial charge < -0.3 is 9.64 Å². The third-order valence-electron chi connectivity index (χ3n) is 3.51. The molecule has 0 radical (unpaired) electrons. The van der Waals surface area contributed by atoms with E-state index in [2.05, 4.69) is 5.10 Å². The molecule has 1 fully saturated rings. The van der Waals surface area contributed by atoms with E-state index in [-0.39, 0.29) is 17.2 Å². The Balaban J connectivity index is 2.25. The molecule has 0 saturated carbocycles. The molecule has 1 aliphatic heterocycles. The van der Waals surface area contributed by atoms with Crippen molar-refractivity contribution < 1.29 is 14.3 Å². The number of esters is 1. The highest BCUT2D eigenvalue weighted by molar-refractivity contribution is 5.95. The third-order valence-corrected chi connectivity index (χ3v) is 3.51. The molecule has 0 spiro atoms. The van der Waals surface area contributed by atoms with E-state index < -0.39 is 12.0 Å². The summed E-state index contributed by atoms with van der Waals surface area (Å²) in [6.45, 7) is 2.88. The maximum atomic E-state index is 12.5. The fourth-order valence-electron chi connectivity index (χ4n) is 2.47. The van der Waals surface area contributed by atoms with Crippen LogP contribution in [0.2, 0.25) is 0 Å². The zero-order valence-electron chi connectivity index (χ0n) is 12.2. The Morgan fingerprint density at radius 2 is 2.19 bits per heavy atom. The number of hydrogen-bond acceptors (Lipinski definition) is 5. The molecule has 0 N–H and O–H groups in total. The van der Waals surface area contributed by atoms with E-state index in [4.69, 9.17) is 4.74 Å². The number of nitrogens with zero attached hydrogens (tertiary/aromatic N) is 3. The lowest BCUT2D eigenvalue weighted by Crippen LogP contribution is -2.42. The number of aromatic nitrogens is 2. The number of carbonyl (C=O) groups excluding carboxylic acids is 2. The maximum Gasteiger partial charge on any atom is 0.328 e. The number of ether oxygens (including phenoxy) is 1. The number of hydrogen-bond donors (Lipinski definition) is 0.